The monoisotopic (exact) mass is 390 g/mol. The summed E-state index contributed by atoms with van der Waals surface area (Å²) in [5.74, 6) is 0.629. The molecular formula is C23H22N2O2S. The smallest absolute Gasteiger partial charge is 0.196 e. The van der Waals surface area contributed by atoms with Gasteiger partial charge in [-0.2, -0.15) is 4.37 Å². The molecule has 0 spiro atoms. The molecule has 0 radical (unpaired) electrons. The second-order valence-corrected chi connectivity index (χ2v) is 7.79. The second-order valence-electron chi connectivity index (χ2n) is 7.16. The number of hydrogen-bond acceptors (Lipinski definition) is 5. The van der Waals surface area contributed by atoms with Gasteiger partial charge in [0.1, 0.15) is 11.3 Å². The molecule has 1 unspecified atom stereocenters. The van der Waals surface area contributed by atoms with Crippen LogP contribution in [-0.4, -0.2) is 4.37 Å². The highest BCUT2D eigenvalue weighted by atomic mass is 32.1. The van der Waals surface area contributed by atoms with Gasteiger partial charge in [-0.15, -0.1) is 0 Å². The van der Waals surface area contributed by atoms with E-state index >= 15 is 0 Å². The first-order valence-corrected chi connectivity index (χ1v) is 10.1. The van der Waals surface area contributed by atoms with Crippen LogP contribution in [0.25, 0.3) is 22.3 Å². The van der Waals surface area contributed by atoms with Crippen LogP contribution < -0.4 is 10.7 Å². The highest BCUT2D eigenvalue weighted by molar-refractivity contribution is 7.04. The van der Waals surface area contributed by atoms with Crippen molar-refractivity contribution in [2.75, 3.05) is 5.32 Å². The van der Waals surface area contributed by atoms with E-state index in [1.54, 1.807) is 0 Å². The average Bonchev–Trinajstić information content (AvgIpc) is 3.09. The van der Waals surface area contributed by atoms with Crippen molar-refractivity contribution in [1.29, 1.82) is 0 Å². The molecule has 0 aliphatic carbocycles. The summed E-state index contributed by atoms with van der Waals surface area (Å²) in [6.45, 7) is 7.90. The lowest BCUT2D eigenvalue weighted by Crippen LogP contribution is -2.12. The van der Waals surface area contributed by atoms with Gasteiger partial charge in [-0.05, 0) is 50.9 Å². The largest absolute Gasteiger partial charge is 0.455 e. The van der Waals surface area contributed by atoms with Gasteiger partial charge in [-0.1, -0.05) is 36.4 Å². The number of nitrogens with zero attached hydrogens (tertiary/aromatic N) is 1. The fourth-order valence-corrected chi connectivity index (χ4v) is 4.15. The Balaban J connectivity index is 1.92. The Kier molecular flexibility index (Phi) is 4.77. The number of fused-ring (bicyclic) bond motifs is 1. The van der Waals surface area contributed by atoms with Gasteiger partial charge in [0.05, 0.1) is 22.8 Å². The highest BCUT2D eigenvalue weighted by Gasteiger charge is 2.19. The maximum Gasteiger partial charge on any atom is 0.196 e. The third-order valence-corrected chi connectivity index (χ3v) is 5.74. The van der Waals surface area contributed by atoms with Gasteiger partial charge < -0.3 is 9.73 Å². The molecule has 0 aliphatic rings. The summed E-state index contributed by atoms with van der Waals surface area (Å²) in [4.78, 5) is 13.1. The molecule has 2 aromatic heterocycles. The minimum Gasteiger partial charge on any atom is -0.455 e. The normalized spacial score (nSPS) is 12.3. The van der Waals surface area contributed by atoms with Crippen molar-refractivity contribution in [1.82, 2.24) is 4.37 Å². The summed E-state index contributed by atoms with van der Waals surface area (Å²) < 4.78 is 10.7. The topological polar surface area (TPSA) is 55.1 Å². The molecule has 28 heavy (non-hydrogen) atoms. The SMILES string of the molecule is Cc1cc(C(C)Nc2csnc2C)c2oc(-c3ccccc3)c(C)c(=O)c2c1. The molecule has 2 aromatic carbocycles. The van der Waals surface area contributed by atoms with Gasteiger partial charge in [-0.3, -0.25) is 4.79 Å². The van der Waals surface area contributed by atoms with Crippen molar-refractivity contribution in [3.05, 3.63) is 80.5 Å². The van der Waals surface area contributed by atoms with Gasteiger partial charge >= 0.3 is 0 Å². The van der Waals surface area contributed by atoms with E-state index in [2.05, 4.69) is 22.7 Å². The molecule has 142 valence electrons. The van der Waals surface area contributed by atoms with Crippen LogP contribution in [0.5, 0.6) is 0 Å². The van der Waals surface area contributed by atoms with Gasteiger partial charge in [0.25, 0.3) is 0 Å². The Morgan fingerprint density at radius 1 is 1.11 bits per heavy atom. The fraction of sp³-hybridized carbons (Fsp3) is 0.217. The van der Waals surface area contributed by atoms with Gasteiger partial charge in [-0.25, -0.2) is 0 Å². The summed E-state index contributed by atoms with van der Waals surface area (Å²) in [6.07, 6.45) is 0. The molecular weight excluding hydrogens is 368 g/mol. The maximum absolute atomic E-state index is 13.1. The first-order chi connectivity index (χ1) is 13.5. The third kappa shape index (κ3) is 3.22. The summed E-state index contributed by atoms with van der Waals surface area (Å²) in [5.41, 5.74) is 6.18. The molecule has 0 fully saturated rings. The summed E-state index contributed by atoms with van der Waals surface area (Å²) >= 11 is 1.43. The van der Waals surface area contributed by atoms with Gasteiger partial charge in [0, 0.05) is 22.1 Å². The number of aryl methyl sites for hydroxylation is 2. The lowest BCUT2D eigenvalue weighted by molar-refractivity contribution is 0.605. The van der Waals surface area contributed by atoms with Crippen molar-refractivity contribution in [3.63, 3.8) is 0 Å². The van der Waals surface area contributed by atoms with Crippen LogP contribution in [-0.2, 0) is 0 Å². The fourth-order valence-electron chi connectivity index (χ4n) is 3.50. The van der Waals surface area contributed by atoms with E-state index in [0.717, 1.165) is 28.1 Å². The Labute approximate surface area is 168 Å². The molecule has 4 aromatic rings. The summed E-state index contributed by atoms with van der Waals surface area (Å²) in [7, 11) is 0. The number of hydrogen-bond donors (Lipinski definition) is 1. The Morgan fingerprint density at radius 3 is 2.54 bits per heavy atom. The zero-order chi connectivity index (χ0) is 19.8. The highest BCUT2D eigenvalue weighted by Crippen LogP contribution is 2.32. The molecule has 1 N–H and O–H groups in total. The van der Waals surface area contributed by atoms with E-state index in [4.69, 9.17) is 4.42 Å². The molecule has 4 nitrogen and oxygen atoms in total. The van der Waals surface area contributed by atoms with Gasteiger partial charge in [0.15, 0.2) is 5.43 Å². The van der Waals surface area contributed by atoms with Crippen LogP contribution >= 0.6 is 11.5 Å². The molecule has 2 heterocycles. The van der Waals surface area contributed by atoms with E-state index in [-0.39, 0.29) is 11.5 Å². The molecule has 0 aliphatic heterocycles. The van der Waals surface area contributed by atoms with E-state index < -0.39 is 0 Å². The maximum atomic E-state index is 13.1. The average molecular weight is 391 g/mol. The van der Waals surface area contributed by atoms with Crippen molar-refractivity contribution in [2.45, 2.75) is 33.7 Å². The number of anilines is 1. The van der Waals surface area contributed by atoms with Crippen LogP contribution in [0.1, 0.15) is 35.3 Å². The number of benzene rings is 2. The second kappa shape index (κ2) is 7.24. The predicted molar refractivity (Wildman–Crippen MR) is 116 cm³/mol. The molecule has 0 bridgehead atoms. The van der Waals surface area contributed by atoms with Crippen LogP contribution in [0.4, 0.5) is 5.69 Å². The van der Waals surface area contributed by atoms with Crippen molar-refractivity contribution in [3.8, 4) is 11.3 Å². The van der Waals surface area contributed by atoms with Crippen LogP contribution in [0.2, 0.25) is 0 Å². The zero-order valence-corrected chi connectivity index (χ0v) is 17.2. The molecule has 0 saturated heterocycles. The van der Waals surface area contributed by atoms with E-state index in [9.17, 15) is 4.79 Å². The number of nitrogens with one attached hydrogen (secondary N) is 1. The Bertz CT molecular complexity index is 1210. The van der Waals surface area contributed by atoms with Crippen LogP contribution in [0, 0.1) is 20.8 Å². The lowest BCUT2D eigenvalue weighted by Gasteiger charge is -2.18. The number of aromatic nitrogens is 1. The van der Waals surface area contributed by atoms with E-state index in [0.29, 0.717) is 22.3 Å². The standard InChI is InChI=1S/C23H22N2O2S/c1-13-10-18(15(3)24-20-12-28-25-16(20)4)23-19(11-13)21(26)14(2)22(27-23)17-8-6-5-7-9-17/h5-12,15,24H,1-4H3. The van der Waals surface area contributed by atoms with E-state index in [1.807, 2.05) is 62.5 Å². The van der Waals surface area contributed by atoms with Gasteiger partial charge in [0.2, 0.25) is 0 Å². The molecule has 0 saturated carbocycles. The molecule has 0 amide bonds. The molecule has 5 heteroatoms. The van der Waals surface area contributed by atoms with Crippen LogP contribution in [0.15, 0.2) is 57.1 Å². The quantitative estimate of drug-likeness (QED) is 0.463. The van der Waals surface area contributed by atoms with Crippen molar-refractivity contribution < 1.29 is 4.42 Å². The minimum absolute atomic E-state index is 0.0191. The predicted octanol–water partition coefficient (Wildman–Crippen LogP) is 6.01. The first-order valence-electron chi connectivity index (χ1n) is 9.26. The summed E-state index contributed by atoms with van der Waals surface area (Å²) in [6, 6.07) is 13.7. The third-order valence-electron chi connectivity index (χ3n) is 5.02. The molecule has 4 rings (SSSR count). The minimum atomic E-state index is -0.0352. The zero-order valence-electron chi connectivity index (χ0n) is 16.4. The van der Waals surface area contributed by atoms with Crippen LogP contribution in [0.3, 0.4) is 0 Å². The molecule has 1 atom stereocenters. The lowest BCUT2D eigenvalue weighted by atomic mass is 9.99. The van der Waals surface area contributed by atoms with Crippen molar-refractivity contribution in [2.24, 2.45) is 0 Å². The Hall–Kier alpha value is -2.92. The number of rotatable bonds is 4. The van der Waals surface area contributed by atoms with E-state index in [1.165, 1.54) is 11.5 Å². The Morgan fingerprint density at radius 2 is 1.86 bits per heavy atom. The van der Waals surface area contributed by atoms with Crippen molar-refractivity contribution >= 4 is 28.2 Å². The first kappa shape index (κ1) is 18.4. The summed E-state index contributed by atoms with van der Waals surface area (Å²) in [5, 5.41) is 6.13.